The van der Waals surface area contributed by atoms with Gasteiger partial charge in [0.05, 0.1) is 0 Å². The Hall–Kier alpha value is -0.521. The van der Waals surface area contributed by atoms with Crippen molar-refractivity contribution in [2.75, 3.05) is 0 Å². The van der Waals surface area contributed by atoms with Crippen molar-refractivity contribution in [3.05, 3.63) is 22.6 Å². The van der Waals surface area contributed by atoms with E-state index in [1.54, 1.807) is 0 Å². The molecule has 0 aromatic heterocycles. The zero-order valence-corrected chi connectivity index (χ0v) is 6.69. The molecule has 0 radical (unpaired) electrons. The van der Waals surface area contributed by atoms with Crippen molar-refractivity contribution < 1.29 is 0 Å². The minimum atomic E-state index is 0.637. The van der Waals surface area contributed by atoms with Gasteiger partial charge < -0.3 is 0 Å². The van der Waals surface area contributed by atoms with Crippen LogP contribution in [0, 0.1) is 0 Å². The summed E-state index contributed by atoms with van der Waals surface area (Å²) in [7, 11) is 0. The quantitative estimate of drug-likeness (QED) is 0.433. The summed E-state index contributed by atoms with van der Waals surface area (Å²) in [6, 6.07) is 4.10. The van der Waals surface area contributed by atoms with E-state index in [1.165, 1.54) is 19.4 Å². The van der Waals surface area contributed by atoms with Crippen LogP contribution in [-0.2, 0) is 0 Å². The Labute approximate surface area is 60.1 Å². The van der Waals surface area contributed by atoms with E-state index in [-0.39, 0.29) is 0 Å². The molecule has 0 nitrogen and oxygen atoms in total. The summed E-state index contributed by atoms with van der Waals surface area (Å²) < 4.78 is 2.96. The summed E-state index contributed by atoms with van der Waals surface area (Å²) in [4.78, 5) is 0. The summed E-state index contributed by atoms with van der Waals surface area (Å²) in [5.74, 6) is 0. The van der Waals surface area contributed by atoms with Gasteiger partial charge in [0.15, 0.2) is 0 Å². The molecule has 1 aliphatic rings. The molecule has 1 aromatic rings. The number of benzene rings is 1. The molecule has 1 heterocycles. The molecule has 0 aliphatic carbocycles. The van der Waals surface area contributed by atoms with Gasteiger partial charge in [-0.15, -0.1) is 0 Å². The first-order valence-electron chi connectivity index (χ1n) is 2.78. The van der Waals surface area contributed by atoms with Gasteiger partial charge in [0.1, 0.15) is 0 Å². The van der Waals surface area contributed by atoms with E-state index in [0.29, 0.717) is 15.0 Å². The van der Waals surface area contributed by atoms with Crippen LogP contribution in [0.3, 0.4) is 0 Å². The predicted octanol–water partition coefficient (Wildman–Crippen LogP) is -1.52. The van der Waals surface area contributed by atoms with E-state index < -0.39 is 0 Å². The first-order chi connectivity index (χ1) is 4.29. The van der Waals surface area contributed by atoms with E-state index in [9.17, 15) is 0 Å². The van der Waals surface area contributed by atoms with Crippen LogP contribution in [0.5, 0.6) is 0 Å². The summed E-state index contributed by atoms with van der Waals surface area (Å²) in [6.45, 7) is 7.80. The van der Waals surface area contributed by atoms with Crippen LogP contribution in [-0.4, -0.2) is 15.0 Å². The minimum absolute atomic E-state index is 0.637. The molecule has 0 saturated heterocycles. The third-order valence-electron chi connectivity index (χ3n) is 1.44. The monoisotopic (exact) mass is 182 g/mol. The van der Waals surface area contributed by atoms with E-state index in [1.807, 2.05) is 0 Å². The van der Waals surface area contributed by atoms with Gasteiger partial charge in [-0.3, -0.25) is 0 Å². The first-order valence-corrected chi connectivity index (χ1v) is 4.49. The summed E-state index contributed by atoms with van der Waals surface area (Å²) >= 11 is 0.637. The topological polar surface area (TPSA) is 0 Å². The average molecular weight is 181 g/mol. The Kier molecular flexibility index (Phi) is 0.879. The van der Waals surface area contributed by atoms with Crippen LogP contribution in [0.4, 0.5) is 0 Å². The van der Waals surface area contributed by atoms with Crippen LogP contribution in [0.15, 0.2) is 12.1 Å². The molecule has 0 fully saturated rings. The Bertz CT molecular complexity index is 317. The van der Waals surface area contributed by atoms with Gasteiger partial charge in [-0.2, -0.15) is 0 Å². The zero-order chi connectivity index (χ0) is 6.43. The Morgan fingerprint density at radius 1 is 1.00 bits per heavy atom. The van der Waals surface area contributed by atoms with Gasteiger partial charge >= 0.3 is 59.6 Å². The van der Waals surface area contributed by atoms with Gasteiger partial charge in [-0.05, 0) is 0 Å². The van der Waals surface area contributed by atoms with Crippen molar-refractivity contribution in [1.82, 2.24) is 0 Å². The van der Waals surface area contributed by atoms with Crippen LogP contribution in [0.1, 0.15) is 0 Å². The van der Waals surface area contributed by atoms with Crippen molar-refractivity contribution in [2.24, 2.45) is 0 Å². The molecule has 44 valence electrons. The molecule has 1 aromatic carbocycles. The van der Waals surface area contributed by atoms with Crippen molar-refractivity contribution in [1.29, 1.82) is 0 Å². The molecule has 0 spiro atoms. The molecule has 0 N–H and O–H groups in total. The van der Waals surface area contributed by atoms with Gasteiger partial charge in [0.25, 0.3) is 0 Å². The number of hydrogen-bond donors (Lipinski definition) is 0. The molecular formula is C8H6Se. The molecule has 0 bridgehead atoms. The van der Waals surface area contributed by atoms with Crippen molar-refractivity contribution >= 4 is 37.0 Å². The van der Waals surface area contributed by atoms with Crippen LogP contribution in [0.25, 0.3) is 13.2 Å². The molecule has 0 amide bonds. The van der Waals surface area contributed by atoms with Gasteiger partial charge in [0.2, 0.25) is 0 Å². The predicted molar refractivity (Wildman–Crippen MR) is 41.8 cm³/mol. The Morgan fingerprint density at radius 3 is 1.89 bits per heavy atom. The summed E-state index contributed by atoms with van der Waals surface area (Å²) in [5.41, 5.74) is 0. The van der Waals surface area contributed by atoms with E-state index in [4.69, 9.17) is 0 Å². The van der Waals surface area contributed by atoms with Crippen LogP contribution in [0.2, 0.25) is 0 Å². The second-order valence-electron chi connectivity index (χ2n) is 2.14. The third-order valence-corrected chi connectivity index (χ3v) is 3.82. The second-order valence-corrected chi connectivity index (χ2v) is 4.29. The maximum atomic E-state index is 3.90. The molecule has 0 unspecified atom stereocenters. The standard InChI is InChI=1S/C8H6Se/c1-5-3-4-6(2)8-7(5)9-8/h3-4H,1-2H2. The Balaban J connectivity index is 2.98. The van der Waals surface area contributed by atoms with Crippen LogP contribution < -0.4 is 19.4 Å². The van der Waals surface area contributed by atoms with Crippen LogP contribution >= 0.6 is 0 Å². The van der Waals surface area contributed by atoms with Gasteiger partial charge in [-0.1, -0.05) is 0 Å². The molecular weight excluding hydrogens is 175 g/mol. The average Bonchev–Trinajstić information content (AvgIpc) is 2.57. The third kappa shape index (κ3) is 0.658. The van der Waals surface area contributed by atoms with Crippen molar-refractivity contribution in [3.8, 4) is 0 Å². The number of fused-ring (bicyclic) bond motifs is 1. The molecule has 1 aliphatic heterocycles. The fraction of sp³-hybridized carbons (Fsp3) is 0. The summed E-state index contributed by atoms with van der Waals surface area (Å²) in [6.07, 6.45) is 0. The first kappa shape index (κ1) is 5.28. The van der Waals surface area contributed by atoms with E-state index in [0.717, 1.165) is 0 Å². The molecule has 1 heteroatoms. The fourth-order valence-electron chi connectivity index (χ4n) is 0.852. The molecule has 0 saturated carbocycles. The molecule has 9 heavy (non-hydrogen) atoms. The van der Waals surface area contributed by atoms with Crippen molar-refractivity contribution in [3.63, 3.8) is 0 Å². The molecule has 0 atom stereocenters. The molecule has 2 rings (SSSR count). The SMILES string of the molecule is C=c1ccc(=C)c2c1[Se]2. The maximum absolute atomic E-state index is 3.90. The number of hydrogen-bond acceptors (Lipinski definition) is 0. The van der Waals surface area contributed by atoms with Gasteiger partial charge in [-0.25, -0.2) is 0 Å². The van der Waals surface area contributed by atoms with E-state index >= 15 is 0 Å². The zero-order valence-electron chi connectivity index (χ0n) is 4.98. The Morgan fingerprint density at radius 2 is 1.44 bits per heavy atom. The van der Waals surface area contributed by atoms with Crippen molar-refractivity contribution in [2.45, 2.75) is 0 Å². The fourth-order valence-corrected chi connectivity index (χ4v) is 2.56. The normalized spacial score (nSPS) is 12.9. The second kappa shape index (κ2) is 1.50. The van der Waals surface area contributed by atoms with Gasteiger partial charge in [0, 0.05) is 0 Å². The number of rotatable bonds is 0. The summed E-state index contributed by atoms with van der Waals surface area (Å²) in [5, 5.41) is 2.41. The van der Waals surface area contributed by atoms with E-state index in [2.05, 4.69) is 25.3 Å².